The molecule has 0 unspecified atom stereocenters. The molecule has 3 rings (SSSR count). The third-order valence-corrected chi connectivity index (χ3v) is 5.01. The van der Waals surface area contributed by atoms with E-state index in [0.717, 1.165) is 35.5 Å². The maximum Gasteiger partial charge on any atom is 0.255 e. The van der Waals surface area contributed by atoms with Gasteiger partial charge in [0.25, 0.3) is 5.91 Å². The average Bonchev–Trinajstić information content (AvgIpc) is 2.65. The van der Waals surface area contributed by atoms with Gasteiger partial charge in [-0.1, -0.05) is 17.7 Å². The van der Waals surface area contributed by atoms with Crippen molar-refractivity contribution in [3.63, 3.8) is 0 Å². The number of nitrogens with zero attached hydrogens (tertiary/aromatic N) is 1. The zero-order valence-corrected chi connectivity index (χ0v) is 15.8. The molecule has 1 fully saturated rings. The van der Waals surface area contributed by atoms with E-state index in [0.29, 0.717) is 24.8 Å². The van der Waals surface area contributed by atoms with E-state index >= 15 is 0 Å². The van der Waals surface area contributed by atoms with Crippen LogP contribution < -0.4 is 10.2 Å². The highest BCUT2D eigenvalue weighted by molar-refractivity contribution is 6.30. The molecule has 5 nitrogen and oxygen atoms in total. The van der Waals surface area contributed by atoms with E-state index in [1.54, 1.807) is 13.0 Å². The van der Waals surface area contributed by atoms with Crippen LogP contribution in [0.15, 0.2) is 30.3 Å². The zero-order valence-electron chi connectivity index (χ0n) is 15.0. The van der Waals surface area contributed by atoms with E-state index in [-0.39, 0.29) is 17.2 Å². The number of carbonyl (C=O) groups is 1. The molecule has 0 saturated carbocycles. The van der Waals surface area contributed by atoms with E-state index in [9.17, 15) is 9.90 Å². The van der Waals surface area contributed by atoms with Crippen LogP contribution in [0.5, 0.6) is 5.75 Å². The maximum atomic E-state index is 12.5. The molecule has 0 aliphatic carbocycles. The van der Waals surface area contributed by atoms with Crippen LogP contribution in [0.4, 0.5) is 5.69 Å². The Morgan fingerprint density at radius 2 is 1.96 bits per heavy atom. The minimum Gasteiger partial charge on any atom is -0.507 e. The van der Waals surface area contributed by atoms with Gasteiger partial charge in [0, 0.05) is 30.3 Å². The minimum absolute atomic E-state index is 0.0296. The fourth-order valence-electron chi connectivity index (χ4n) is 3.06. The SMILES string of the molecule is Cc1ccc(C(=O)NCc2cc(Cl)ccc2N2CCOCC2)c(O)c1C. The van der Waals surface area contributed by atoms with Crippen molar-refractivity contribution in [1.82, 2.24) is 5.32 Å². The molecule has 0 spiro atoms. The standard InChI is InChI=1S/C20H23ClN2O3/c1-13-3-5-17(19(24)14(13)2)20(25)22-12-15-11-16(21)4-6-18(15)23-7-9-26-10-8-23/h3-6,11,24H,7-10,12H2,1-2H3,(H,22,25). The molecule has 2 aromatic carbocycles. The quantitative estimate of drug-likeness (QED) is 0.860. The average molecular weight is 375 g/mol. The molecular weight excluding hydrogens is 352 g/mol. The predicted molar refractivity (Wildman–Crippen MR) is 103 cm³/mol. The number of nitrogens with one attached hydrogen (secondary N) is 1. The third kappa shape index (κ3) is 3.94. The second kappa shape index (κ2) is 7.98. The summed E-state index contributed by atoms with van der Waals surface area (Å²) in [5, 5.41) is 13.8. The lowest BCUT2D eigenvalue weighted by Gasteiger charge is -2.30. The first kappa shape index (κ1) is 18.5. The number of ether oxygens (including phenoxy) is 1. The molecule has 0 radical (unpaired) electrons. The summed E-state index contributed by atoms with van der Waals surface area (Å²) in [4.78, 5) is 14.8. The molecule has 1 aliphatic heterocycles. The number of amides is 1. The van der Waals surface area contributed by atoms with Crippen LogP contribution in [-0.4, -0.2) is 37.3 Å². The number of aryl methyl sites for hydroxylation is 1. The topological polar surface area (TPSA) is 61.8 Å². The maximum absolute atomic E-state index is 12.5. The molecule has 2 aromatic rings. The molecular formula is C20H23ClN2O3. The smallest absolute Gasteiger partial charge is 0.255 e. The summed E-state index contributed by atoms with van der Waals surface area (Å²) < 4.78 is 5.41. The molecule has 1 saturated heterocycles. The number of aromatic hydroxyl groups is 1. The highest BCUT2D eigenvalue weighted by Gasteiger charge is 2.17. The van der Waals surface area contributed by atoms with Crippen LogP contribution >= 0.6 is 11.6 Å². The van der Waals surface area contributed by atoms with Gasteiger partial charge in [-0.15, -0.1) is 0 Å². The van der Waals surface area contributed by atoms with Gasteiger partial charge in [-0.05, 0) is 54.8 Å². The minimum atomic E-state index is -0.307. The van der Waals surface area contributed by atoms with E-state index < -0.39 is 0 Å². The van der Waals surface area contributed by atoms with Gasteiger partial charge in [0.05, 0.1) is 18.8 Å². The van der Waals surface area contributed by atoms with Crippen LogP contribution in [0.25, 0.3) is 0 Å². The highest BCUT2D eigenvalue weighted by Crippen LogP contribution is 2.27. The molecule has 0 atom stereocenters. The number of phenolic OH excluding ortho intramolecular Hbond substituents is 1. The Balaban J connectivity index is 1.78. The summed E-state index contributed by atoms with van der Waals surface area (Å²) in [5.41, 5.74) is 3.93. The third-order valence-electron chi connectivity index (χ3n) is 4.78. The second-order valence-corrected chi connectivity index (χ2v) is 6.90. The van der Waals surface area contributed by atoms with Gasteiger partial charge in [-0.3, -0.25) is 4.79 Å². The van der Waals surface area contributed by atoms with E-state index in [1.807, 2.05) is 31.2 Å². The fourth-order valence-corrected chi connectivity index (χ4v) is 3.26. The van der Waals surface area contributed by atoms with Gasteiger partial charge in [0.2, 0.25) is 0 Å². The lowest BCUT2D eigenvalue weighted by Crippen LogP contribution is -2.37. The molecule has 1 amide bonds. The molecule has 1 aliphatic rings. The molecule has 2 N–H and O–H groups in total. The number of carbonyl (C=O) groups excluding carboxylic acids is 1. The van der Waals surface area contributed by atoms with Gasteiger partial charge in [-0.25, -0.2) is 0 Å². The Kier molecular flexibility index (Phi) is 5.69. The first-order valence-electron chi connectivity index (χ1n) is 8.66. The summed E-state index contributed by atoms with van der Waals surface area (Å²) in [6.45, 7) is 7.02. The van der Waals surface area contributed by atoms with E-state index in [4.69, 9.17) is 16.3 Å². The van der Waals surface area contributed by atoms with Crippen molar-refractivity contribution < 1.29 is 14.6 Å². The molecule has 26 heavy (non-hydrogen) atoms. The van der Waals surface area contributed by atoms with E-state index in [2.05, 4.69) is 10.2 Å². The lowest BCUT2D eigenvalue weighted by molar-refractivity contribution is 0.0948. The second-order valence-electron chi connectivity index (χ2n) is 6.46. The molecule has 0 aromatic heterocycles. The van der Waals surface area contributed by atoms with Gasteiger partial charge in [0.1, 0.15) is 5.75 Å². The van der Waals surface area contributed by atoms with Crippen LogP contribution in [-0.2, 0) is 11.3 Å². The Bertz CT molecular complexity index is 817. The Morgan fingerprint density at radius 1 is 1.23 bits per heavy atom. The number of halogens is 1. The monoisotopic (exact) mass is 374 g/mol. The van der Waals surface area contributed by atoms with Crippen LogP contribution in [0.1, 0.15) is 27.0 Å². The number of hydrogen-bond donors (Lipinski definition) is 2. The van der Waals surface area contributed by atoms with Crippen molar-refractivity contribution in [3.05, 3.63) is 57.6 Å². The van der Waals surface area contributed by atoms with Crippen LogP contribution in [0.2, 0.25) is 5.02 Å². The Labute approximate surface area is 158 Å². The lowest BCUT2D eigenvalue weighted by atomic mass is 10.0. The number of phenols is 1. The first-order chi connectivity index (χ1) is 12.5. The Morgan fingerprint density at radius 3 is 2.69 bits per heavy atom. The molecule has 0 bridgehead atoms. The number of benzene rings is 2. The van der Waals surface area contributed by atoms with Gasteiger partial charge >= 0.3 is 0 Å². The summed E-state index contributed by atoms with van der Waals surface area (Å²) >= 11 is 6.16. The largest absolute Gasteiger partial charge is 0.507 e. The predicted octanol–water partition coefficient (Wildman–Crippen LogP) is 3.43. The Hall–Kier alpha value is -2.24. The normalized spacial score (nSPS) is 14.3. The van der Waals surface area contributed by atoms with Crippen LogP contribution in [0, 0.1) is 13.8 Å². The fraction of sp³-hybridized carbons (Fsp3) is 0.350. The van der Waals surface area contributed by atoms with E-state index in [1.165, 1.54) is 0 Å². The van der Waals surface area contributed by atoms with Crippen molar-refractivity contribution in [2.45, 2.75) is 20.4 Å². The number of hydrogen-bond acceptors (Lipinski definition) is 4. The molecule has 1 heterocycles. The van der Waals surface area contributed by atoms with Crippen LogP contribution in [0.3, 0.4) is 0 Å². The van der Waals surface area contributed by atoms with Gasteiger partial charge in [0.15, 0.2) is 0 Å². The first-order valence-corrected chi connectivity index (χ1v) is 9.03. The van der Waals surface area contributed by atoms with Crippen molar-refractivity contribution in [3.8, 4) is 5.75 Å². The number of rotatable bonds is 4. The van der Waals surface area contributed by atoms with Gasteiger partial charge in [-0.2, -0.15) is 0 Å². The van der Waals surface area contributed by atoms with Crippen molar-refractivity contribution in [2.75, 3.05) is 31.2 Å². The molecule has 138 valence electrons. The highest BCUT2D eigenvalue weighted by atomic mass is 35.5. The summed E-state index contributed by atoms with van der Waals surface area (Å²) in [5.74, 6) is -0.277. The summed E-state index contributed by atoms with van der Waals surface area (Å²) in [7, 11) is 0. The molecule has 6 heteroatoms. The summed E-state index contributed by atoms with van der Waals surface area (Å²) in [6.07, 6.45) is 0. The van der Waals surface area contributed by atoms with Crippen molar-refractivity contribution in [1.29, 1.82) is 0 Å². The van der Waals surface area contributed by atoms with Gasteiger partial charge < -0.3 is 20.1 Å². The van der Waals surface area contributed by atoms with Crippen molar-refractivity contribution >= 4 is 23.2 Å². The number of anilines is 1. The zero-order chi connectivity index (χ0) is 18.7. The number of morpholine rings is 1. The van der Waals surface area contributed by atoms with Crippen molar-refractivity contribution in [2.24, 2.45) is 0 Å². The summed E-state index contributed by atoms with van der Waals surface area (Å²) in [6, 6.07) is 9.18.